The van der Waals surface area contributed by atoms with Crippen LogP contribution in [0.1, 0.15) is 43.9 Å². The Morgan fingerprint density at radius 3 is 2.42 bits per heavy atom. The maximum Gasteiger partial charge on any atom is 0.355 e. The molecule has 0 aliphatic heterocycles. The monoisotopic (exact) mass is 297 g/mol. The van der Waals surface area contributed by atoms with Gasteiger partial charge in [0.25, 0.3) is 0 Å². The minimum Gasteiger partial charge on any atom is -0.476 e. The molecule has 0 aliphatic carbocycles. The Bertz CT molecular complexity index is 619. The number of aromatic carboxylic acids is 1. The van der Waals surface area contributed by atoms with E-state index in [0.717, 1.165) is 15.6 Å². The second-order valence-corrected chi connectivity index (χ2v) is 6.72. The summed E-state index contributed by atoms with van der Waals surface area (Å²) in [6.07, 6.45) is 0. The van der Waals surface area contributed by atoms with E-state index in [1.54, 1.807) is 18.3 Å². The summed E-state index contributed by atoms with van der Waals surface area (Å²) in [5.74, 6) is -0.987. The zero-order valence-corrected chi connectivity index (χ0v) is 12.8. The number of anilines is 1. The van der Waals surface area contributed by atoms with Crippen molar-refractivity contribution in [3.05, 3.63) is 26.1 Å². The standard InChI is InChI=1S/C12H15N3O2S2/c1-5-10(19-8(4)13-5)6(2)14-12-15-9(11(16)17)7(3)18-12/h6H,1-4H3,(H,14,15)(H,16,17). The smallest absolute Gasteiger partial charge is 0.355 e. The van der Waals surface area contributed by atoms with E-state index in [1.807, 2.05) is 20.8 Å². The lowest BCUT2D eigenvalue weighted by Gasteiger charge is -2.11. The van der Waals surface area contributed by atoms with Crippen LogP contribution in [0.4, 0.5) is 5.13 Å². The molecule has 0 spiro atoms. The van der Waals surface area contributed by atoms with Gasteiger partial charge in [-0.3, -0.25) is 0 Å². The number of rotatable bonds is 4. The summed E-state index contributed by atoms with van der Waals surface area (Å²) in [5, 5.41) is 13.9. The van der Waals surface area contributed by atoms with Crippen LogP contribution in [0.2, 0.25) is 0 Å². The van der Waals surface area contributed by atoms with Crippen molar-refractivity contribution >= 4 is 33.8 Å². The van der Waals surface area contributed by atoms with Crippen LogP contribution in [0.3, 0.4) is 0 Å². The van der Waals surface area contributed by atoms with Crippen molar-refractivity contribution in [3.63, 3.8) is 0 Å². The second-order valence-electron chi connectivity index (χ2n) is 4.28. The molecule has 7 heteroatoms. The topological polar surface area (TPSA) is 75.1 Å². The molecule has 0 fully saturated rings. The highest BCUT2D eigenvalue weighted by molar-refractivity contribution is 7.15. The third kappa shape index (κ3) is 2.93. The van der Waals surface area contributed by atoms with Crippen LogP contribution in [-0.4, -0.2) is 21.0 Å². The molecule has 2 N–H and O–H groups in total. The molecule has 0 saturated heterocycles. The molecular weight excluding hydrogens is 282 g/mol. The van der Waals surface area contributed by atoms with Crippen molar-refractivity contribution in [1.29, 1.82) is 0 Å². The molecule has 0 aliphatic rings. The Kier molecular flexibility index (Phi) is 3.86. The molecule has 2 aromatic heterocycles. The summed E-state index contributed by atoms with van der Waals surface area (Å²) in [5.41, 5.74) is 1.13. The van der Waals surface area contributed by atoms with E-state index in [2.05, 4.69) is 15.3 Å². The number of hydrogen-bond donors (Lipinski definition) is 2. The van der Waals surface area contributed by atoms with Crippen LogP contribution >= 0.6 is 22.7 Å². The van der Waals surface area contributed by atoms with Gasteiger partial charge < -0.3 is 10.4 Å². The van der Waals surface area contributed by atoms with Gasteiger partial charge in [-0.05, 0) is 27.7 Å². The van der Waals surface area contributed by atoms with Gasteiger partial charge in [0.1, 0.15) is 0 Å². The predicted molar refractivity (Wildman–Crippen MR) is 77.4 cm³/mol. The van der Waals surface area contributed by atoms with Crippen molar-refractivity contribution in [2.75, 3.05) is 5.32 Å². The lowest BCUT2D eigenvalue weighted by Crippen LogP contribution is -2.06. The van der Waals surface area contributed by atoms with Crippen LogP contribution in [0.15, 0.2) is 0 Å². The Hall–Kier alpha value is -1.47. The van der Waals surface area contributed by atoms with Crippen LogP contribution < -0.4 is 5.32 Å². The average molecular weight is 297 g/mol. The molecule has 0 aromatic carbocycles. The first-order valence-corrected chi connectivity index (χ1v) is 7.43. The molecule has 0 saturated carbocycles. The normalized spacial score (nSPS) is 12.4. The summed E-state index contributed by atoms with van der Waals surface area (Å²) in [7, 11) is 0. The molecule has 0 bridgehead atoms. The van der Waals surface area contributed by atoms with E-state index >= 15 is 0 Å². The molecular formula is C12H15N3O2S2. The molecule has 2 aromatic rings. The van der Waals surface area contributed by atoms with Crippen molar-refractivity contribution in [1.82, 2.24) is 9.97 Å². The van der Waals surface area contributed by atoms with E-state index in [4.69, 9.17) is 5.11 Å². The second kappa shape index (κ2) is 5.26. The van der Waals surface area contributed by atoms with Gasteiger partial charge in [-0.2, -0.15) is 0 Å². The van der Waals surface area contributed by atoms with Crippen LogP contribution in [0.25, 0.3) is 0 Å². The Morgan fingerprint density at radius 2 is 1.95 bits per heavy atom. The fraction of sp³-hybridized carbons (Fsp3) is 0.417. The fourth-order valence-electron chi connectivity index (χ4n) is 1.86. The quantitative estimate of drug-likeness (QED) is 0.904. The highest BCUT2D eigenvalue weighted by atomic mass is 32.1. The van der Waals surface area contributed by atoms with Gasteiger partial charge in [-0.25, -0.2) is 14.8 Å². The van der Waals surface area contributed by atoms with Crippen molar-refractivity contribution < 1.29 is 9.90 Å². The lowest BCUT2D eigenvalue weighted by molar-refractivity contribution is 0.0690. The molecule has 0 amide bonds. The molecule has 19 heavy (non-hydrogen) atoms. The maximum atomic E-state index is 11.0. The molecule has 1 unspecified atom stereocenters. The van der Waals surface area contributed by atoms with Gasteiger partial charge in [0.05, 0.1) is 16.7 Å². The maximum absolute atomic E-state index is 11.0. The highest BCUT2D eigenvalue weighted by Gasteiger charge is 2.17. The van der Waals surface area contributed by atoms with E-state index in [-0.39, 0.29) is 11.7 Å². The zero-order chi connectivity index (χ0) is 14.2. The number of nitrogens with zero attached hydrogens (tertiary/aromatic N) is 2. The van der Waals surface area contributed by atoms with Gasteiger partial charge in [0.2, 0.25) is 0 Å². The summed E-state index contributed by atoms with van der Waals surface area (Å²) >= 11 is 3.01. The lowest BCUT2D eigenvalue weighted by atomic mass is 10.2. The average Bonchev–Trinajstić information content (AvgIpc) is 2.81. The molecule has 2 rings (SSSR count). The largest absolute Gasteiger partial charge is 0.476 e. The van der Waals surface area contributed by atoms with Gasteiger partial charge in [-0.15, -0.1) is 22.7 Å². The Labute approximate surface area is 119 Å². The molecule has 1 atom stereocenters. The first-order chi connectivity index (χ1) is 8.88. The Morgan fingerprint density at radius 1 is 1.26 bits per heavy atom. The van der Waals surface area contributed by atoms with Crippen molar-refractivity contribution in [2.24, 2.45) is 0 Å². The number of carboxylic acids is 1. The summed E-state index contributed by atoms with van der Waals surface area (Å²) in [4.78, 5) is 21.3. The minimum atomic E-state index is -0.987. The number of thiazole rings is 2. The van der Waals surface area contributed by atoms with E-state index in [0.29, 0.717) is 10.0 Å². The van der Waals surface area contributed by atoms with E-state index < -0.39 is 5.97 Å². The van der Waals surface area contributed by atoms with Crippen molar-refractivity contribution in [3.8, 4) is 0 Å². The molecule has 0 radical (unpaired) electrons. The number of nitrogens with one attached hydrogen (secondary N) is 1. The molecule has 5 nitrogen and oxygen atoms in total. The number of carbonyl (C=O) groups is 1. The number of hydrogen-bond acceptors (Lipinski definition) is 6. The number of aryl methyl sites for hydroxylation is 3. The molecule has 2 heterocycles. The van der Waals surface area contributed by atoms with Gasteiger partial charge in [0, 0.05) is 9.75 Å². The summed E-state index contributed by atoms with van der Waals surface area (Å²) in [6.45, 7) is 7.74. The summed E-state index contributed by atoms with van der Waals surface area (Å²) < 4.78 is 0. The third-order valence-corrected chi connectivity index (χ3v) is 4.83. The van der Waals surface area contributed by atoms with Crippen LogP contribution in [-0.2, 0) is 0 Å². The summed E-state index contributed by atoms with van der Waals surface area (Å²) in [6, 6.07) is 0.0680. The number of aromatic nitrogens is 2. The SMILES string of the molecule is Cc1nc(C)c(C(C)Nc2nc(C(=O)O)c(C)s2)s1. The Balaban J connectivity index is 2.19. The number of carboxylic acid groups (broad SMARTS) is 1. The van der Waals surface area contributed by atoms with E-state index in [9.17, 15) is 4.79 Å². The van der Waals surface area contributed by atoms with Gasteiger partial charge in [0.15, 0.2) is 10.8 Å². The highest BCUT2D eigenvalue weighted by Crippen LogP contribution is 2.30. The first kappa shape index (κ1) is 14.0. The first-order valence-electron chi connectivity index (χ1n) is 5.79. The fourth-order valence-corrected chi connectivity index (χ4v) is 3.68. The van der Waals surface area contributed by atoms with Crippen molar-refractivity contribution in [2.45, 2.75) is 33.7 Å². The van der Waals surface area contributed by atoms with Crippen LogP contribution in [0.5, 0.6) is 0 Å². The predicted octanol–water partition coefficient (Wildman–Crippen LogP) is 3.40. The van der Waals surface area contributed by atoms with Crippen LogP contribution in [0, 0.1) is 20.8 Å². The van der Waals surface area contributed by atoms with E-state index in [1.165, 1.54) is 11.3 Å². The molecule has 102 valence electrons. The van der Waals surface area contributed by atoms with Gasteiger partial charge >= 0.3 is 5.97 Å². The minimum absolute atomic E-state index is 0.0680. The van der Waals surface area contributed by atoms with Gasteiger partial charge in [-0.1, -0.05) is 0 Å². The third-order valence-electron chi connectivity index (χ3n) is 2.67. The zero-order valence-electron chi connectivity index (χ0n) is 11.1.